The van der Waals surface area contributed by atoms with Gasteiger partial charge in [-0.15, -0.1) is 0 Å². The minimum atomic E-state index is -3.50. The molecule has 1 aromatic rings. The SMILES string of the molecule is CNCc1ccc(S(=O)(=O)N(C)CC2CCCCC2)o1. The summed E-state index contributed by atoms with van der Waals surface area (Å²) >= 11 is 0. The van der Waals surface area contributed by atoms with E-state index >= 15 is 0 Å². The molecular formula is C14H24N2O3S. The first-order valence-electron chi connectivity index (χ1n) is 7.23. The minimum absolute atomic E-state index is 0.0426. The van der Waals surface area contributed by atoms with Gasteiger partial charge in [-0.1, -0.05) is 19.3 Å². The molecule has 0 aromatic carbocycles. The van der Waals surface area contributed by atoms with E-state index in [-0.39, 0.29) is 5.09 Å². The number of rotatable bonds is 6. The molecule has 5 nitrogen and oxygen atoms in total. The van der Waals surface area contributed by atoms with Gasteiger partial charge in [0.05, 0.1) is 6.54 Å². The van der Waals surface area contributed by atoms with Gasteiger partial charge in [-0.05, 0) is 37.9 Å². The van der Waals surface area contributed by atoms with Crippen LogP contribution in [0.1, 0.15) is 37.9 Å². The molecule has 6 heteroatoms. The van der Waals surface area contributed by atoms with Crippen molar-refractivity contribution < 1.29 is 12.8 Å². The van der Waals surface area contributed by atoms with E-state index in [1.54, 1.807) is 26.2 Å². The maximum atomic E-state index is 12.4. The van der Waals surface area contributed by atoms with Gasteiger partial charge in [0.25, 0.3) is 10.0 Å². The van der Waals surface area contributed by atoms with Crippen LogP contribution in [0.15, 0.2) is 21.6 Å². The van der Waals surface area contributed by atoms with Crippen molar-refractivity contribution in [1.82, 2.24) is 9.62 Å². The van der Waals surface area contributed by atoms with Gasteiger partial charge >= 0.3 is 0 Å². The molecule has 0 aliphatic heterocycles. The van der Waals surface area contributed by atoms with Crippen molar-refractivity contribution in [2.24, 2.45) is 5.92 Å². The van der Waals surface area contributed by atoms with Crippen LogP contribution >= 0.6 is 0 Å². The highest BCUT2D eigenvalue weighted by Gasteiger charge is 2.27. The smallest absolute Gasteiger partial charge is 0.276 e. The van der Waals surface area contributed by atoms with Gasteiger partial charge in [0.2, 0.25) is 5.09 Å². The third-order valence-corrected chi connectivity index (χ3v) is 5.59. The van der Waals surface area contributed by atoms with Crippen molar-refractivity contribution in [2.45, 2.75) is 43.7 Å². The van der Waals surface area contributed by atoms with Gasteiger partial charge < -0.3 is 9.73 Å². The first-order valence-corrected chi connectivity index (χ1v) is 8.67. The van der Waals surface area contributed by atoms with Gasteiger partial charge in [-0.25, -0.2) is 8.42 Å². The molecule has 1 heterocycles. The zero-order valence-corrected chi connectivity index (χ0v) is 13.1. The number of hydrogen-bond acceptors (Lipinski definition) is 4. The third kappa shape index (κ3) is 3.62. The molecule has 0 saturated heterocycles. The first kappa shape index (κ1) is 15.5. The molecular weight excluding hydrogens is 276 g/mol. The fourth-order valence-corrected chi connectivity index (χ4v) is 3.92. The quantitative estimate of drug-likeness (QED) is 0.875. The van der Waals surface area contributed by atoms with Crippen molar-refractivity contribution in [2.75, 3.05) is 20.6 Å². The number of nitrogens with one attached hydrogen (secondary N) is 1. The van der Waals surface area contributed by atoms with Gasteiger partial charge in [0.15, 0.2) is 0 Å². The summed E-state index contributed by atoms with van der Waals surface area (Å²) in [4.78, 5) is 0. The normalized spacial score (nSPS) is 17.8. The molecule has 1 aliphatic carbocycles. The predicted octanol–water partition coefficient (Wildman–Crippen LogP) is 2.20. The van der Waals surface area contributed by atoms with E-state index in [4.69, 9.17) is 4.42 Å². The van der Waals surface area contributed by atoms with Crippen LogP contribution < -0.4 is 5.32 Å². The van der Waals surface area contributed by atoms with Crippen LogP contribution in [-0.2, 0) is 16.6 Å². The highest BCUT2D eigenvalue weighted by atomic mass is 32.2. The van der Waals surface area contributed by atoms with E-state index in [2.05, 4.69) is 5.32 Å². The van der Waals surface area contributed by atoms with Crippen LogP contribution in [0.3, 0.4) is 0 Å². The Labute approximate surface area is 121 Å². The van der Waals surface area contributed by atoms with E-state index in [9.17, 15) is 8.42 Å². The van der Waals surface area contributed by atoms with Crippen LogP contribution in [0.4, 0.5) is 0 Å². The van der Waals surface area contributed by atoms with Crippen LogP contribution in [0, 0.1) is 5.92 Å². The Hall–Kier alpha value is -0.850. The Kier molecular flexibility index (Phi) is 5.23. The Bertz CT molecular complexity index is 518. The van der Waals surface area contributed by atoms with Crippen molar-refractivity contribution in [1.29, 1.82) is 0 Å². The molecule has 20 heavy (non-hydrogen) atoms. The lowest BCUT2D eigenvalue weighted by atomic mass is 9.89. The first-order chi connectivity index (χ1) is 9.54. The summed E-state index contributed by atoms with van der Waals surface area (Å²) in [5, 5.41) is 2.98. The Morgan fingerprint density at radius 3 is 2.65 bits per heavy atom. The predicted molar refractivity (Wildman–Crippen MR) is 77.9 cm³/mol. The molecule has 0 amide bonds. The van der Waals surface area contributed by atoms with Crippen LogP contribution in [0.25, 0.3) is 0 Å². The summed E-state index contributed by atoms with van der Waals surface area (Å²) < 4.78 is 31.7. The molecule has 0 bridgehead atoms. The second-order valence-corrected chi connectivity index (χ2v) is 7.52. The summed E-state index contributed by atoms with van der Waals surface area (Å²) in [5.41, 5.74) is 0. The molecule has 0 radical (unpaired) electrons. The van der Waals surface area contributed by atoms with Crippen molar-refractivity contribution in [3.63, 3.8) is 0 Å². The Morgan fingerprint density at radius 2 is 2.00 bits per heavy atom. The number of sulfonamides is 1. The molecule has 2 rings (SSSR count). The monoisotopic (exact) mass is 300 g/mol. The lowest BCUT2D eigenvalue weighted by Gasteiger charge is -2.25. The Morgan fingerprint density at radius 1 is 1.30 bits per heavy atom. The molecule has 1 N–H and O–H groups in total. The summed E-state index contributed by atoms with van der Waals surface area (Å²) in [7, 11) is -0.0564. The lowest BCUT2D eigenvalue weighted by molar-refractivity contribution is 0.294. The van der Waals surface area contributed by atoms with Crippen LogP contribution in [0.2, 0.25) is 0 Å². The van der Waals surface area contributed by atoms with Gasteiger partial charge in [-0.2, -0.15) is 4.31 Å². The zero-order valence-electron chi connectivity index (χ0n) is 12.3. The second kappa shape index (κ2) is 6.74. The number of hydrogen-bond donors (Lipinski definition) is 1. The second-order valence-electron chi connectivity index (χ2n) is 5.54. The van der Waals surface area contributed by atoms with Crippen LogP contribution in [-0.4, -0.2) is 33.4 Å². The molecule has 1 fully saturated rings. The summed E-state index contributed by atoms with van der Waals surface area (Å²) in [6.07, 6.45) is 5.96. The van der Waals surface area contributed by atoms with E-state index in [1.807, 2.05) is 0 Å². The molecule has 1 aliphatic rings. The van der Waals surface area contributed by atoms with Crippen LogP contribution in [0.5, 0.6) is 0 Å². The molecule has 0 unspecified atom stereocenters. The summed E-state index contributed by atoms with van der Waals surface area (Å²) in [6, 6.07) is 3.25. The molecule has 1 aromatic heterocycles. The largest absolute Gasteiger partial charge is 0.447 e. The fourth-order valence-electron chi connectivity index (χ4n) is 2.75. The standard InChI is InChI=1S/C14H24N2O3S/c1-15-10-13-8-9-14(19-13)20(17,18)16(2)11-12-6-4-3-5-7-12/h8-9,12,15H,3-7,10-11H2,1-2H3. The van der Waals surface area contributed by atoms with E-state index in [0.29, 0.717) is 24.8 Å². The zero-order chi connectivity index (χ0) is 14.6. The van der Waals surface area contributed by atoms with E-state index in [1.165, 1.54) is 23.6 Å². The average Bonchev–Trinajstić information content (AvgIpc) is 2.89. The highest BCUT2D eigenvalue weighted by Crippen LogP contribution is 2.26. The molecule has 1 saturated carbocycles. The van der Waals surface area contributed by atoms with Gasteiger partial charge in [0, 0.05) is 13.6 Å². The maximum absolute atomic E-state index is 12.4. The van der Waals surface area contributed by atoms with E-state index in [0.717, 1.165) is 12.8 Å². The number of furan rings is 1. The maximum Gasteiger partial charge on any atom is 0.276 e. The van der Waals surface area contributed by atoms with Gasteiger partial charge in [-0.3, -0.25) is 0 Å². The Balaban J connectivity index is 2.03. The van der Waals surface area contributed by atoms with E-state index < -0.39 is 10.0 Å². The summed E-state index contributed by atoms with van der Waals surface area (Å²) in [6.45, 7) is 1.12. The summed E-state index contributed by atoms with van der Waals surface area (Å²) in [5.74, 6) is 1.12. The fraction of sp³-hybridized carbons (Fsp3) is 0.714. The van der Waals surface area contributed by atoms with Crippen molar-refractivity contribution >= 4 is 10.0 Å². The lowest BCUT2D eigenvalue weighted by Crippen LogP contribution is -2.32. The topological polar surface area (TPSA) is 62.6 Å². The van der Waals surface area contributed by atoms with Crippen molar-refractivity contribution in [3.8, 4) is 0 Å². The minimum Gasteiger partial charge on any atom is -0.447 e. The third-order valence-electron chi connectivity index (χ3n) is 3.89. The van der Waals surface area contributed by atoms with Gasteiger partial charge in [0.1, 0.15) is 5.76 Å². The molecule has 0 spiro atoms. The molecule has 0 atom stereocenters. The van der Waals surface area contributed by atoms with Crippen molar-refractivity contribution in [3.05, 3.63) is 17.9 Å². The molecule has 114 valence electrons. The highest BCUT2D eigenvalue weighted by molar-refractivity contribution is 7.89. The average molecular weight is 300 g/mol. The number of nitrogens with zero attached hydrogens (tertiary/aromatic N) is 1.